The van der Waals surface area contributed by atoms with E-state index in [9.17, 15) is 0 Å². The molecule has 38 heavy (non-hydrogen) atoms. The fraction of sp³-hybridized carbons (Fsp3) is 0.333. The number of nitrogens with zero attached hydrogens (tertiary/aromatic N) is 1. The van der Waals surface area contributed by atoms with Crippen molar-refractivity contribution in [3.05, 3.63) is 105 Å². The van der Waals surface area contributed by atoms with Crippen molar-refractivity contribution in [2.24, 2.45) is 0 Å². The van der Waals surface area contributed by atoms with Gasteiger partial charge in [-0.25, -0.2) is 0 Å². The molecule has 2 aliphatic carbocycles. The Labute approximate surface area is 228 Å². The summed E-state index contributed by atoms with van der Waals surface area (Å²) >= 11 is 0. The van der Waals surface area contributed by atoms with Crippen molar-refractivity contribution in [1.82, 2.24) is 0 Å². The minimum Gasteiger partial charge on any atom is -0.311 e. The second-order valence-electron chi connectivity index (χ2n) is 13.7. The molecule has 0 N–H and O–H groups in total. The normalized spacial score (nSPS) is 17.4. The number of hydrogen-bond donors (Lipinski definition) is 0. The molecule has 0 amide bonds. The molecule has 0 saturated heterocycles. The van der Waals surface area contributed by atoms with Gasteiger partial charge < -0.3 is 4.90 Å². The van der Waals surface area contributed by atoms with E-state index in [2.05, 4.69) is 107 Å². The summed E-state index contributed by atoms with van der Waals surface area (Å²) in [6.07, 6.45) is 4.79. The lowest BCUT2D eigenvalue weighted by atomic mass is 9.29. The first-order valence-electron chi connectivity index (χ1n) is 14.5. The van der Waals surface area contributed by atoms with E-state index in [-0.39, 0.29) is 17.5 Å². The topological polar surface area (TPSA) is 3.24 Å². The van der Waals surface area contributed by atoms with Gasteiger partial charge in [-0.1, -0.05) is 88.6 Å². The van der Waals surface area contributed by atoms with Crippen LogP contribution in [0.4, 0.5) is 17.1 Å². The number of anilines is 3. The van der Waals surface area contributed by atoms with Crippen LogP contribution in [0.25, 0.3) is 0 Å². The van der Waals surface area contributed by atoms with E-state index in [1.54, 1.807) is 16.7 Å². The third kappa shape index (κ3) is 2.79. The van der Waals surface area contributed by atoms with Gasteiger partial charge in [0.15, 0.2) is 0 Å². The first-order chi connectivity index (χ1) is 18.1. The van der Waals surface area contributed by atoms with E-state index in [1.165, 1.54) is 87.0 Å². The Bertz CT molecular complexity index is 1700. The Morgan fingerprint density at radius 3 is 2.21 bits per heavy atom. The summed E-state index contributed by atoms with van der Waals surface area (Å²) in [6, 6.07) is 24.3. The zero-order valence-corrected chi connectivity index (χ0v) is 23.6. The maximum absolute atomic E-state index is 2.70. The van der Waals surface area contributed by atoms with Crippen molar-refractivity contribution in [1.29, 1.82) is 0 Å². The molecule has 1 nitrogen and oxygen atoms in total. The van der Waals surface area contributed by atoms with Crippen LogP contribution < -0.4 is 21.3 Å². The van der Waals surface area contributed by atoms with E-state index in [4.69, 9.17) is 0 Å². The van der Waals surface area contributed by atoms with Gasteiger partial charge >= 0.3 is 0 Å². The smallest absolute Gasteiger partial charge is 0.247 e. The molecule has 0 aromatic heterocycles. The van der Waals surface area contributed by atoms with Crippen LogP contribution in [0.1, 0.15) is 79.1 Å². The molecule has 0 bridgehead atoms. The molecule has 0 spiro atoms. The van der Waals surface area contributed by atoms with Crippen molar-refractivity contribution >= 4 is 40.2 Å². The van der Waals surface area contributed by atoms with Crippen LogP contribution in [-0.4, -0.2) is 6.71 Å². The first kappa shape index (κ1) is 22.7. The average Bonchev–Trinajstić information content (AvgIpc) is 2.81. The van der Waals surface area contributed by atoms with E-state index in [0.29, 0.717) is 0 Å². The van der Waals surface area contributed by atoms with Crippen LogP contribution in [0.5, 0.6) is 0 Å². The second kappa shape index (κ2) is 7.23. The number of aryl methyl sites for hydroxylation is 3. The molecule has 0 unspecified atom stereocenters. The zero-order valence-electron chi connectivity index (χ0n) is 23.6. The molecule has 0 saturated carbocycles. The molecule has 0 fully saturated rings. The van der Waals surface area contributed by atoms with E-state index >= 15 is 0 Å². The van der Waals surface area contributed by atoms with E-state index < -0.39 is 0 Å². The Hall–Kier alpha value is -3.26. The molecule has 2 heterocycles. The summed E-state index contributed by atoms with van der Waals surface area (Å²) in [5, 5.41) is 0. The summed E-state index contributed by atoms with van der Waals surface area (Å²) in [6.45, 7) is 14.5. The van der Waals surface area contributed by atoms with Crippen LogP contribution in [-0.2, 0) is 36.5 Å². The molecule has 0 radical (unpaired) electrons. The van der Waals surface area contributed by atoms with Gasteiger partial charge in [-0.2, -0.15) is 0 Å². The maximum atomic E-state index is 2.70. The van der Waals surface area contributed by atoms with Crippen LogP contribution in [0.15, 0.2) is 60.7 Å². The first-order valence-corrected chi connectivity index (χ1v) is 14.5. The fourth-order valence-corrected chi connectivity index (χ4v) is 7.84. The summed E-state index contributed by atoms with van der Waals surface area (Å²) < 4.78 is 0. The quantitative estimate of drug-likeness (QED) is 0.243. The van der Waals surface area contributed by atoms with Gasteiger partial charge in [0.2, 0.25) is 6.71 Å². The second-order valence-corrected chi connectivity index (χ2v) is 13.7. The Morgan fingerprint density at radius 2 is 1.50 bits per heavy atom. The Kier molecular flexibility index (Phi) is 4.32. The van der Waals surface area contributed by atoms with Crippen molar-refractivity contribution in [2.75, 3.05) is 4.90 Å². The highest BCUT2D eigenvalue weighted by molar-refractivity contribution is 6.99. The monoisotopic (exact) mass is 493 g/mol. The number of fused-ring (bicyclic) bond motifs is 7. The summed E-state index contributed by atoms with van der Waals surface area (Å²) in [5.74, 6) is 0. The molecule has 0 atom stereocenters. The molecule has 4 aromatic carbocycles. The lowest BCUT2D eigenvalue weighted by molar-refractivity contribution is 0.588. The van der Waals surface area contributed by atoms with Crippen LogP contribution in [0.3, 0.4) is 0 Å². The lowest BCUT2D eigenvalue weighted by Crippen LogP contribution is -2.64. The van der Waals surface area contributed by atoms with Gasteiger partial charge in [0, 0.05) is 22.5 Å². The lowest BCUT2D eigenvalue weighted by Gasteiger charge is -2.48. The molecule has 2 aliphatic heterocycles. The van der Waals surface area contributed by atoms with Crippen LogP contribution in [0.2, 0.25) is 0 Å². The van der Waals surface area contributed by atoms with Gasteiger partial charge in [-0.15, -0.1) is 0 Å². The van der Waals surface area contributed by atoms with Gasteiger partial charge in [0.25, 0.3) is 0 Å². The van der Waals surface area contributed by atoms with Gasteiger partial charge in [-0.05, 0) is 106 Å². The fourth-order valence-electron chi connectivity index (χ4n) is 7.84. The predicted octanol–water partition coefficient (Wildman–Crippen LogP) is 6.43. The van der Waals surface area contributed by atoms with Gasteiger partial charge in [0.1, 0.15) is 0 Å². The van der Waals surface area contributed by atoms with E-state index in [1.807, 2.05) is 0 Å². The largest absolute Gasteiger partial charge is 0.311 e. The maximum Gasteiger partial charge on any atom is 0.247 e. The van der Waals surface area contributed by atoms with Crippen LogP contribution >= 0.6 is 0 Å². The van der Waals surface area contributed by atoms with Crippen molar-refractivity contribution in [2.45, 2.75) is 78.1 Å². The third-order valence-electron chi connectivity index (χ3n) is 10.1. The summed E-state index contributed by atoms with van der Waals surface area (Å²) in [7, 11) is 0. The Morgan fingerprint density at radius 1 is 0.737 bits per heavy atom. The molecular formula is C36H36BN. The molecule has 8 rings (SSSR count). The highest BCUT2D eigenvalue weighted by Crippen LogP contribution is 2.48. The molecule has 4 aromatic rings. The minimum atomic E-state index is -0.0525. The molecule has 188 valence electrons. The van der Waals surface area contributed by atoms with Crippen molar-refractivity contribution in [3.8, 4) is 0 Å². The van der Waals surface area contributed by atoms with Crippen molar-refractivity contribution in [3.63, 3.8) is 0 Å². The minimum absolute atomic E-state index is 0.0525. The molecule has 2 heteroatoms. The summed E-state index contributed by atoms with van der Waals surface area (Å²) in [4.78, 5) is 2.70. The van der Waals surface area contributed by atoms with Gasteiger partial charge in [-0.3, -0.25) is 0 Å². The van der Waals surface area contributed by atoms with Crippen molar-refractivity contribution < 1.29 is 0 Å². The highest BCUT2D eigenvalue weighted by atomic mass is 15.2. The Balaban J connectivity index is 1.51. The van der Waals surface area contributed by atoms with Crippen LogP contribution in [0, 0.1) is 6.92 Å². The molecule has 4 aliphatic rings. The highest BCUT2D eigenvalue weighted by Gasteiger charge is 2.48. The standard InChI is InChI=1S/C36H36BN/c1-21-18-28-33-32(19-21)38(31-9-7-8-22-10-14-25(22)31)34-26-15-11-23(26)12-17-29(34)37(33)30-20-24(35(2,3)4)13-16-27(30)36(28,5)6/h7-9,12-13,16-20H,10-11,14-15H2,1-6H3. The number of rotatable bonds is 1. The van der Waals surface area contributed by atoms with Gasteiger partial charge in [0.05, 0.1) is 0 Å². The number of benzene rings is 4. The number of hydrogen-bond acceptors (Lipinski definition) is 1. The molecular weight excluding hydrogens is 457 g/mol. The zero-order chi connectivity index (χ0) is 26.1. The third-order valence-corrected chi connectivity index (χ3v) is 10.1. The van der Waals surface area contributed by atoms with E-state index in [0.717, 1.165) is 0 Å². The summed E-state index contributed by atoms with van der Waals surface area (Å²) in [5.41, 5.74) is 20.9. The predicted molar refractivity (Wildman–Crippen MR) is 163 cm³/mol. The average molecular weight is 494 g/mol. The SMILES string of the molecule is Cc1cc2c3c(c1)C(C)(C)c1ccc(C(C)(C)C)cc1B3c1ccc3c(c1N2c1cccc2c1CC2)CC3.